The fourth-order valence-corrected chi connectivity index (χ4v) is 14.7. The van der Waals surface area contributed by atoms with Gasteiger partial charge in [0.25, 0.3) is 0 Å². The maximum Gasteiger partial charge on any atom is 0.472 e. The van der Waals surface area contributed by atoms with E-state index in [2.05, 4.69) is 34.6 Å². The minimum atomic E-state index is -4.96. The molecule has 0 aromatic heterocycles. The molecule has 0 fully saturated rings. The van der Waals surface area contributed by atoms with Gasteiger partial charge in [0.05, 0.1) is 26.4 Å². The first-order valence-corrected chi connectivity index (χ1v) is 46.6. The third-order valence-corrected chi connectivity index (χ3v) is 21.7. The van der Waals surface area contributed by atoms with Crippen molar-refractivity contribution in [2.24, 2.45) is 5.92 Å². The van der Waals surface area contributed by atoms with Crippen LogP contribution in [-0.2, 0) is 65.4 Å². The number of carbonyl (C=O) groups is 4. The summed E-state index contributed by atoms with van der Waals surface area (Å²) in [5, 5.41) is 10.7. The quantitative estimate of drug-likeness (QED) is 0.0222. The molecule has 0 saturated carbocycles. The lowest BCUT2D eigenvalue weighted by molar-refractivity contribution is -0.161. The minimum absolute atomic E-state index is 0.109. The average Bonchev–Trinajstić information content (AvgIpc) is 1.00. The van der Waals surface area contributed by atoms with Gasteiger partial charge in [-0.15, -0.1) is 0 Å². The largest absolute Gasteiger partial charge is 0.472 e. The number of esters is 4. The molecule has 0 bridgehead atoms. The highest BCUT2D eigenvalue weighted by atomic mass is 31.2. The summed E-state index contributed by atoms with van der Waals surface area (Å²) in [6.07, 6.45) is 69.3. The molecule has 103 heavy (non-hydrogen) atoms. The van der Waals surface area contributed by atoms with E-state index < -0.39 is 97.5 Å². The van der Waals surface area contributed by atoms with E-state index in [4.69, 9.17) is 37.0 Å². The molecule has 0 aromatic carbocycles. The molecule has 0 saturated heterocycles. The molecule has 0 spiro atoms. The van der Waals surface area contributed by atoms with Crippen molar-refractivity contribution in [1.82, 2.24) is 0 Å². The summed E-state index contributed by atoms with van der Waals surface area (Å²) in [5.41, 5.74) is 0. The third-order valence-electron chi connectivity index (χ3n) is 19.8. The van der Waals surface area contributed by atoms with Gasteiger partial charge in [-0.2, -0.15) is 0 Å². The number of phosphoric ester groups is 2. The van der Waals surface area contributed by atoms with Gasteiger partial charge in [-0.25, -0.2) is 9.13 Å². The summed E-state index contributed by atoms with van der Waals surface area (Å²) in [7, 11) is -9.92. The Balaban J connectivity index is 5.25. The van der Waals surface area contributed by atoms with Gasteiger partial charge in [-0.05, 0) is 31.6 Å². The fourth-order valence-electron chi connectivity index (χ4n) is 13.1. The normalized spacial score (nSPS) is 13.8. The maximum absolute atomic E-state index is 13.1. The molecule has 19 heteroatoms. The molecule has 0 aliphatic carbocycles. The van der Waals surface area contributed by atoms with E-state index in [9.17, 15) is 43.2 Å². The first-order valence-electron chi connectivity index (χ1n) is 43.6. The zero-order chi connectivity index (χ0) is 75.5. The second-order valence-electron chi connectivity index (χ2n) is 30.7. The molecule has 0 aliphatic heterocycles. The summed E-state index contributed by atoms with van der Waals surface area (Å²) < 4.78 is 68.9. The SMILES string of the molecule is CCCCCCCCCCCCCCCCCCCCCCC(=O)O[C@H](COC(=O)CCCCCCCCCCCCCCCC(C)C)COP(=O)(O)OC[C@@H](O)COP(=O)(O)OC[C@@H](COC(=O)CCCCCCCCCCCCCC)OC(=O)CCCCCCCCCCCCCCCCC. The van der Waals surface area contributed by atoms with Crippen LogP contribution in [0.4, 0.5) is 0 Å². The van der Waals surface area contributed by atoms with Gasteiger partial charge in [0.1, 0.15) is 19.3 Å². The van der Waals surface area contributed by atoms with Crippen LogP contribution in [0.3, 0.4) is 0 Å². The summed E-state index contributed by atoms with van der Waals surface area (Å²) in [6, 6.07) is 0. The monoisotopic (exact) mass is 1510 g/mol. The second kappa shape index (κ2) is 76.8. The van der Waals surface area contributed by atoms with Crippen LogP contribution >= 0.6 is 15.6 Å². The van der Waals surface area contributed by atoms with E-state index in [-0.39, 0.29) is 25.7 Å². The third kappa shape index (κ3) is 78.0. The molecule has 3 N–H and O–H groups in total. The number of ether oxygens (including phenoxy) is 4. The van der Waals surface area contributed by atoms with Crippen LogP contribution in [0.2, 0.25) is 0 Å². The van der Waals surface area contributed by atoms with Crippen molar-refractivity contribution in [3.05, 3.63) is 0 Å². The van der Waals surface area contributed by atoms with Crippen LogP contribution in [0.5, 0.6) is 0 Å². The lowest BCUT2D eigenvalue weighted by atomic mass is 10.0. The molecule has 0 rings (SSSR count). The fraction of sp³-hybridized carbons (Fsp3) is 0.952. The Bertz CT molecular complexity index is 1960. The standard InChI is InChI=1S/C84H164O17P2/c1-6-9-12-15-18-21-24-27-29-30-31-32-33-35-39-45-50-55-60-65-70-84(89)101-80(74-95-82(87)68-63-58-53-48-43-40-36-37-41-46-51-56-61-66-77(4)5)76-99-103(92,93)97-72-78(85)71-96-102(90,91)98-75-79(73-94-81(86)67-62-57-52-47-42-26-23-20-17-14-11-8-3)100-83(88)69-64-59-54-49-44-38-34-28-25-22-19-16-13-10-7-2/h77-80,85H,6-76H2,1-5H3,(H,90,91)(H,92,93)/t78-,79+,80+/m0/s1. The van der Waals surface area contributed by atoms with Gasteiger partial charge in [0.2, 0.25) is 0 Å². The first-order chi connectivity index (χ1) is 50.0. The molecule has 5 atom stereocenters. The van der Waals surface area contributed by atoms with Gasteiger partial charge in [0, 0.05) is 25.7 Å². The van der Waals surface area contributed by atoms with Crippen LogP contribution in [0, 0.1) is 5.92 Å². The number of hydrogen-bond donors (Lipinski definition) is 3. The Morgan fingerprint density at radius 3 is 0.660 bits per heavy atom. The Morgan fingerprint density at radius 2 is 0.447 bits per heavy atom. The molecule has 0 aliphatic rings. The van der Waals surface area contributed by atoms with Crippen molar-refractivity contribution in [1.29, 1.82) is 0 Å². The molecular weight excluding hydrogens is 1340 g/mol. The molecule has 17 nitrogen and oxygen atoms in total. The van der Waals surface area contributed by atoms with Gasteiger partial charge in [0.15, 0.2) is 12.2 Å². The second-order valence-corrected chi connectivity index (χ2v) is 33.6. The molecule has 0 radical (unpaired) electrons. The van der Waals surface area contributed by atoms with Crippen LogP contribution in [0.1, 0.15) is 452 Å². The Kier molecular flexibility index (Phi) is 75.4. The van der Waals surface area contributed by atoms with E-state index >= 15 is 0 Å². The Labute approximate surface area is 632 Å². The highest BCUT2D eigenvalue weighted by Crippen LogP contribution is 2.45. The zero-order valence-corrected chi connectivity index (χ0v) is 69.3. The number of aliphatic hydroxyl groups is 1. The van der Waals surface area contributed by atoms with Crippen LogP contribution in [0.25, 0.3) is 0 Å². The van der Waals surface area contributed by atoms with Crippen LogP contribution in [-0.4, -0.2) is 96.7 Å². The van der Waals surface area contributed by atoms with Crippen molar-refractivity contribution in [3.8, 4) is 0 Å². The van der Waals surface area contributed by atoms with Crippen molar-refractivity contribution < 1.29 is 80.2 Å². The number of phosphoric acid groups is 2. The molecule has 0 aromatic rings. The Morgan fingerprint density at radius 1 is 0.262 bits per heavy atom. The van der Waals surface area contributed by atoms with Crippen molar-refractivity contribution in [2.45, 2.75) is 470 Å². The summed E-state index contributed by atoms with van der Waals surface area (Å²) >= 11 is 0. The summed E-state index contributed by atoms with van der Waals surface area (Å²) in [4.78, 5) is 73.2. The van der Waals surface area contributed by atoms with E-state index in [0.29, 0.717) is 25.7 Å². The maximum atomic E-state index is 13.1. The molecule has 2 unspecified atom stereocenters. The van der Waals surface area contributed by atoms with Crippen molar-refractivity contribution >= 4 is 39.5 Å². The number of rotatable bonds is 84. The van der Waals surface area contributed by atoms with Crippen molar-refractivity contribution in [3.63, 3.8) is 0 Å². The van der Waals surface area contributed by atoms with Crippen LogP contribution < -0.4 is 0 Å². The summed E-state index contributed by atoms with van der Waals surface area (Å²) in [5.74, 6) is -1.31. The van der Waals surface area contributed by atoms with Gasteiger partial charge < -0.3 is 33.8 Å². The number of hydrogen-bond acceptors (Lipinski definition) is 15. The number of carbonyl (C=O) groups excluding carboxylic acids is 4. The van der Waals surface area contributed by atoms with Crippen LogP contribution in [0.15, 0.2) is 0 Å². The van der Waals surface area contributed by atoms with Gasteiger partial charge >= 0.3 is 39.5 Å². The van der Waals surface area contributed by atoms with E-state index in [1.807, 2.05) is 0 Å². The lowest BCUT2D eigenvalue weighted by Crippen LogP contribution is -2.30. The van der Waals surface area contributed by atoms with Gasteiger partial charge in [-0.3, -0.25) is 37.3 Å². The topological polar surface area (TPSA) is 237 Å². The van der Waals surface area contributed by atoms with E-state index in [1.54, 1.807) is 0 Å². The van der Waals surface area contributed by atoms with Gasteiger partial charge in [-0.1, -0.05) is 401 Å². The zero-order valence-electron chi connectivity index (χ0n) is 67.5. The van der Waals surface area contributed by atoms with Crippen molar-refractivity contribution in [2.75, 3.05) is 39.6 Å². The molecular formula is C84H164O17P2. The Hall–Kier alpha value is -1.94. The van der Waals surface area contributed by atoms with E-state index in [0.717, 1.165) is 95.8 Å². The molecule has 0 heterocycles. The minimum Gasteiger partial charge on any atom is -0.462 e. The highest BCUT2D eigenvalue weighted by Gasteiger charge is 2.30. The number of aliphatic hydroxyl groups excluding tert-OH is 1. The lowest BCUT2D eigenvalue weighted by Gasteiger charge is -2.21. The predicted molar refractivity (Wildman–Crippen MR) is 423 cm³/mol. The first kappa shape index (κ1) is 101. The van der Waals surface area contributed by atoms with E-state index in [1.165, 1.54) is 276 Å². The summed E-state index contributed by atoms with van der Waals surface area (Å²) in [6.45, 7) is 7.38. The molecule has 0 amide bonds. The average molecular weight is 1510 g/mol. The molecule has 612 valence electrons. The predicted octanol–water partition coefficient (Wildman–Crippen LogP) is 25.6. The highest BCUT2D eigenvalue weighted by molar-refractivity contribution is 7.47. The number of unbranched alkanes of at least 4 members (excludes halogenated alkanes) is 56. The smallest absolute Gasteiger partial charge is 0.462 e.